The minimum absolute atomic E-state index is 0.00603. The normalized spacial score (nSPS) is 24.3. The molecular weight excluding hydrogens is 288 g/mol. The third kappa shape index (κ3) is 3.93. The molecule has 19 heavy (non-hydrogen) atoms. The van der Waals surface area contributed by atoms with Crippen molar-refractivity contribution in [3.63, 3.8) is 0 Å². The highest BCUT2D eigenvalue weighted by atomic mass is 32.3. The third-order valence-corrected chi connectivity index (χ3v) is 6.31. The van der Waals surface area contributed by atoms with Crippen LogP contribution in [0, 0.1) is 12.8 Å². The van der Waals surface area contributed by atoms with Crippen molar-refractivity contribution in [3.05, 3.63) is 29.8 Å². The van der Waals surface area contributed by atoms with Crippen LogP contribution in [0.15, 0.2) is 29.2 Å². The summed E-state index contributed by atoms with van der Waals surface area (Å²) in [6.45, 7) is 1.88. The molecular formula is C12H18O5S2. The molecule has 0 radical (unpaired) electrons. The second kappa shape index (κ2) is 5.41. The molecule has 1 aliphatic rings. The molecule has 0 saturated carbocycles. The molecule has 2 N–H and O–H groups in total. The zero-order valence-corrected chi connectivity index (χ0v) is 12.3. The van der Waals surface area contributed by atoms with E-state index in [1.165, 1.54) is 12.1 Å². The Morgan fingerprint density at radius 1 is 1.32 bits per heavy atom. The van der Waals surface area contributed by atoms with Crippen molar-refractivity contribution in [2.45, 2.75) is 18.2 Å². The molecule has 1 fully saturated rings. The maximum Gasteiger partial charge on any atom is 0.296 e. The van der Waals surface area contributed by atoms with Crippen LogP contribution in [0.3, 0.4) is 0 Å². The van der Waals surface area contributed by atoms with E-state index in [1.54, 1.807) is 12.1 Å². The van der Waals surface area contributed by atoms with E-state index >= 15 is 0 Å². The molecule has 108 valence electrons. The number of aryl methyl sites for hydroxylation is 1. The number of benzene rings is 1. The quantitative estimate of drug-likeness (QED) is 0.835. The summed E-state index contributed by atoms with van der Waals surface area (Å²) in [4.78, 5) is 0.128. The van der Waals surface area contributed by atoms with Crippen molar-refractivity contribution in [1.82, 2.24) is 0 Å². The molecule has 0 spiro atoms. The Morgan fingerprint density at radius 3 is 2.47 bits per heavy atom. The van der Waals surface area contributed by atoms with Gasteiger partial charge in [-0.3, -0.25) is 13.3 Å². The first-order chi connectivity index (χ1) is 8.78. The van der Waals surface area contributed by atoms with Crippen LogP contribution in [-0.4, -0.2) is 35.6 Å². The highest BCUT2D eigenvalue weighted by molar-refractivity contribution is 8.24. The van der Waals surface area contributed by atoms with Gasteiger partial charge in [0, 0.05) is 17.4 Å². The van der Waals surface area contributed by atoms with Gasteiger partial charge in [-0.05, 0) is 25.5 Å². The highest BCUT2D eigenvalue weighted by Gasteiger charge is 2.30. The molecule has 1 aromatic carbocycles. The summed E-state index contributed by atoms with van der Waals surface area (Å²) in [6.07, 6.45) is 0.589. The van der Waals surface area contributed by atoms with E-state index in [9.17, 15) is 17.5 Å². The SMILES string of the molecule is Cc1ccc(S(=O)(=O)OCC2CCS(O)(O)C2)cc1. The number of hydrogen-bond acceptors (Lipinski definition) is 5. The maximum atomic E-state index is 11.9. The van der Waals surface area contributed by atoms with Gasteiger partial charge in [0.2, 0.25) is 0 Å². The van der Waals surface area contributed by atoms with Gasteiger partial charge in [0.05, 0.1) is 11.5 Å². The van der Waals surface area contributed by atoms with E-state index in [4.69, 9.17) is 4.18 Å². The molecule has 0 amide bonds. The Balaban J connectivity index is 1.97. The standard InChI is InChI=1S/C12H18O5S2/c1-10-2-4-12(5-3-10)19(15,16)17-8-11-6-7-18(13,14)9-11/h2-5,11,13-14H,6-9H2,1H3. The van der Waals surface area contributed by atoms with Crippen molar-refractivity contribution in [1.29, 1.82) is 0 Å². The van der Waals surface area contributed by atoms with E-state index in [2.05, 4.69) is 0 Å². The predicted molar refractivity (Wildman–Crippen MR) is 75.0 cm³/mol. The molecule has 1 heterocycles. The summed E-state index contributed by atoms with van der Waals surface area (Å²) >= 11 is 0. The average Bonchev–Trinajstić information content (AvgIpc) is 2.67. The maximum absolute atomic E-state index is 11.9. The van der Waals surface area contributed by atoms with Crippen LogP contribution in [-0.2, 0) is 14.3 Å². The molecule has 0 aliphatic carbocycles. The Labute approximate surface area is 115 Å². The summed E-state index contributed by atoms with van der Waals surface area (Å²) < 4.78 is 47.8. The van der Waals surface area contributed by atoms with Gasteiger partial charge in [0.15, 0.2) is 0 Å². The van der Waals surface area contributed by atoms with Crippen molar-refractivity contribution in [3.8, 4) is 0 Å². The lowest BCUT2D eigenvalue weighted by molar-refractivity contribution is 0.267. The fourth-order valence-electron chi connectivity index (χ4n) is 1.99. The molecule has 0 aromatic heterocycles. The minimum atomic E-state index is -3.76. The topological polar surface area (TPSA) is 83.8 Å². The van der Waals surface area contributed by atoms with Crippen LogP contribution in [0.25, 0.3) is 0 Å². The smallest absolute Gasteiger partial charge is 0.296 e. The van der Waals surface area contributed by atoms with Gasteiger partial charge >= 0.3 is 0 Å². The van der Waals surface area contributed by atoms with Crippen LogP contribution in [0.4, 0.5) is 0 Å². The summed E-state index contributed by atoms with van der Waals surface area (Å²) in [7, 11) is -6.26. The van der Waals surface area contributed by atoms with Gasteiger partial charge in [-0.15, -0.1) is 0 Å². The van der Waals surface area contributed by atoms with E-state index in [1.807, 2.05) is 6.92 Å². The predicted octanol–water partition coefficient (Wildman–Crippen LogP) is 2.47. The monoisotopic (exact) mass is 306 g/mol. The van der Waals surface area contributed by atoms with Gasteiger partial charge in [-0.1, -0.05) is 17.7 Å². The summed E-state index contributed by atoms with van der Waals surface area (Å²) in [6, 6.07) is 6.44. The van der Waals surface area contributed by atoms with Crippen LogP contribution in [0.2, 0.25) is 0 Å². The van der Waals surface area contributed by atoms with Crippen molar-refractivity contribution in [2.24, 2.45) is 5.92 Å². The molecule has 1 saturated heterocycles. The molecule has 5 nitrogen and oxygen atoms in total. The van der Waals surface area contributed by atoms with E-state index < -0.39 is 20.7 Å². The highest BCUT2D eigenvalue weighted by Crippen LogP contribution is 2.48. The number of rotatable bonds is 4. The second-order valence-corrected chi connectivity index (χ2v) is 8.84. The third-order valence-electron chi connectivity index (χ3n) is 3.12. The molecule has 0 bridgehead atoms. The molecule has 1 unspecified atom stereocenters. The lowest BCUT2D eigenvalue weighted by atomic mass is 10.1. The Kier molecular flexibility index (Phi) is 4.22. The fourth-order valence-corrected chi connectivity index (χ4v) is 4.86. The zero-order chi connectivity index (χ0) is 14.1. The average molecular weight is 306 g/mol. The minimum Gasteiger partial charge on any atom is -0.299 e. The second-order valence-electron chi connectivity index (χ2n) is 4.88. The summed E-state index contributed by atoms with van der Waals surface area (Å²) in [5.74, 6) is 0.465. The van der Waals surface area contributed by atoms with Crippen molar-refractivity contribution in [2.75, 3.05) is 18.1 Å². The first-order valence-corrected chi connectivity index (χ1v) is 9.27. The largest absolute Gasteiger partial charge is 0.299 e. The zero-order valence-electron chi connectivity index (χ0n) is 10.7. The molecule has 7 heteroatoms. The van der Waals surface area contributed by atoms with Crippen LogP contribution < -0.4 is 0 Å². The van der Waals surface area contributed by atoms with E-state index in [0.29, 0.717) is 12.2 Å². The van der Waals surface area contributed by atoms with Gasteiger partial charge in [0.1, 0.15) is 0 Å². The molecule has 1 aromatic rings. The van der Waals surface area contributed by atoms with E-state index in [0.717, 1.165) is 5.56 Å². The van der Waals surface area contributed by atoms with Gasteiger partial charge in [-0.2, -0.15) is 19.0 Å². The van der Waals surface area contributed by atoms with Crippen molar-refractivity contribution >= 4 is 20.7 Å². The Bertz CT molecular complexity index is 536. The van der Waals surface area contributed by atoms with E-state index in [-0.39, 0.29) is 23.2 Å². The van der Waals surface area contributed by atoms with Crippen LogP contribution in [0.5, 0.6) is 0 Å². The van der Waals surface area contributed by atoms with Gasteiger partial charge < -0.3 is 0 Å². The molecule has 1 aliphatic heterocycles. The summed E-state index contributed by atoms with van der Waals surface area (Å²) in [5.41, 5.74) is 0.976. The first-order valence-electron chi connectivity index (χ1n) is 5.98. The number of hydrogen-bond donors (Lipinski definition) is 2. The van der Waals surface area contributed by atoms with Crippen molar-refractivity contribution < 1.29 is 21.7 Å². The first kappa shape index (κ1) is 14.8. The lowest BCUT2D eigenvalue weighted by Crippen LogP contribution is -2.15. The fraction of sp³-hybridized carbons (Fsp3) is 0.500. The Hall–Kier alpha value is -0.600. The molecule has 2 rings (SSSR count). The summed E-state index contributed by atoms with van der Waals surface area (Å²) in [5, 5.41) is 0. The lowest BCUT2D eigenvalue weighted by Gasteiger charge is -2.25. The van der Waals surface area contributed by atoms with Crippen LogP contribution in [0.1, 0.15) is 12.0 Å². The van der Waals surface area contributed by atoms with Gasteiger partial charge in [0.25, 0.3) is 10.1 Å². The van der Waals surface area contributed by atoms with Crippen LogP contribution >= 0.6 is 10.6 Å². The Morgan fingerprint density at radius 2 is 1.95 bits per heavy atom. The van der Waals surface area contributed by atoms with Gasteiger partial charge in [-0.25, -0.2) is 0 Å². The molecule has 1 atom stereocenters.